The molecule has 1 fully saturated rings. The summed E-state index contributed by atoms with van der Waals surface area (Å²) in [7, 11) is 0. The van der Waals surface area contributed by atoms with E-state index in [2.05, 4.69) is 36.9 Å². The third kappa shape index (κ3) is 3.72. The highest BCUT2D eigenvalue weighted by Gasteiger charge is 2.32. The van der Waals surface area contributed by atoms with Crippen LogP contribution in [0.4, 0.5) is 0 Å². The van der Waals surface area contributed by atoms with Gasteiger partial charge in [0.05, 0.1) is 0 Å². The molecule has 0 saturated carbocycles. The van der Waals surface area contributed by atoms with Gasteiger partial charge in [0.1, 0.15) is 0 Å². The van der Waals surface area contributed by atoms with Gasteiger partial charge >= 0.3 is 0 Å². The summed E-state index contributed by atoms with van der Waals surface area (Å²) in [6, 6.07) is 0.567. The summed E-state index contributed by atoms with van der Waals surface area (Å²) >= 11 is 0. The lowest BCUT2D eigenvalue weighted by Crippen LogP contribution is -2.52. The van der Waals surface area contributed by atoms with Crippen molar-refractivity contribution in [3.8, 4) is 12.3 Å². The predicted molar refractivity (Wildman–Crippen MR) is 75.0 cm³/mol. The molecule has 98 valence electrons. The molecule has 1 aliphatic heterocycles. The van der Waals surface area contributed by atoms with Crippen molar-refractivity contribution in [3.05, 3.63) is 0 Å². The molecule has 0 spiro atoms. The van der Waals surface area contributed by atoms with Crippen molar-refractivity contribution in [2.45, 2.75) is 64.5 Å². The van der Waals surface area contributed by atoms with Crippen molar-refractivity contribution in [2.75, 3.05) is 19.6 Å². The number of nitrogens with zero attached hydrogens (tertiary/aromatic N) is 1. The van der Waals surface area contributed by atoms with Crippen LogP contribution < -0.4 is 5.32 Å². The van der Waals surface area contributed by atoms with Gasteiger partial charge in [0.15, 0.2) is 0 Å². The second-order valence-corrected chi connectivity index (χ2v) is 5.21. The Morgan fingerprint density at radius 1 is 1.35 bits per heavy atom. The Labute approximate surface area is 107 Å². The molecule has 17 heavy (non-hydrogen) atoms. The Bertz CT molecular complexity index is 250. The molecule has 1 unspecified atom stereocenters. The lowest BCUT2D eigenvalue weighted by atomic mass is 9.91. The van der Waals surface area contributed by atoms with Gasteiger partial charge in [0, 0.05) is 24.5 Å². The molecule has 0 radical (unpaired) electrons. The third-order valence-electron chi connectivity index (χ3n) is 4.32. The van der Waals surface area contributed by atoms with Gasteiger partial charge in [-0.3, -0.25) is 4.90 Å². The van der Waals surface area contributed by atoms with E-state index in [9.17, 15) is 0 Å². The maximum atomic E-state index is 5.49. The molecule has 0 aromatic heterocycles. The molecule has 0 aliphatic carbocycles. The summed E-state index contributed by atoms with van der Waals surface area (Å²) in [5, 5.41) is 3.75. The summed E-state index contributed by atoms with van der Waals surface area (Å²) in [5.74, 6) is 2.84. The van der Waals surface area contributed by atoms with Crippen molar-refractivity contribution >= 4 is 0 Å². The lowest BCUT2D eigenvalue weighted by Gasteiger charge is -2.38. The van der Waals surface area contributed by atoms with Crippen molar-refractivity contribution in [3.63, 3.8) is 0 Å². The van der Waals surface area contributed by atoms with Crippen LogP contribution in [0.1, 0.15) is 52.9 Å². The summed E-state index contributed by atoms with van der Waals surface area (Å²) in [5.41, 5.74) is 0.304. The van der Waals surface area contributed by atoms with Crippen molar-refractivity contribution in [1.82, 2.24) is 10.2 Å². The minimum Gasteiger partial charge on any atom is -0.310 e. The molecule has 0 amide bonds. The Kier molecular flexibility index (Phi) is 6.02. The number of rotatable bonds is 5. The highest BCUT2D eigenvalue weighted by molar-refractivity contribution is 4.96. The zero-order chi connectivity index (χ0) is 12.7. The van der Waals surface area contributed by atoms with E-state index >= 15 is 0 Å². The van der Waals surface area contributed by atoms with Crippen molar-refractivity contribution in [2.24, 2.45) is 0 Å². The van der Waals surface area contributed by atoms with Crippen molar-refractivity contribution in [1.29, 1.82) is 0 Å². The first kappa shape index (κ1) is 14.5. The van der Waals surface area contributed by atoms with Crippen LogP contribution in [-0.2, 0) is 0 Å². The van der Waals surface area contributed by atoms with E-state index < -0.39 is 0 Å². The van der Waals surface area contributed by atoms with Crippen LogP contribution in [0.3, 0.4) is 0 Å². The second-order valence-electron chi connectivity index (χ2n) is 5.21. The standard InChI is InChI=1S/C15H28N2/c1-5-10-14(6-2)17-12-9-11-16-15(7-3,8-4)13-17/h1,14,16H,6-13H2,2-4H3. The Hall–Kier alpha value is -0.520. The zero-order valence-corrected chi connectivity index (χ0v) is 11.8. The van der Waals surface area contributed by atoms with Crippen LogP contribution in [-0.4, -0.2) is 36.1 Å². The van der Waals surface area contributed by atoms with E-state index in [1.54, 1.807) is 0 Å². The van der Waals surface area contributed by atoms with Gasteiger partial charge in [-0.2, -0.15) is 0 Å². The topological polar surface area (TPSA) is 15.3 Å². The van der Waals surface area contributed by atoms with Gasteiger partial charge in [0.25, 0.3) is 0 Å². The van der Waals surface area contributed by atoms with Crippen LogP contribution in [0.5, 0.6) is 0 Å². The molecular formula is C15H28N2. The fourth-order valence-electron chi connectivity index (χ4n) is 2.86. The zero-order valence-electron chi connectivity index (χ0n) is 11.8. The van der Waals surface area contributed by atoms with Gasteiger partial charge in [-0.05, 0) is 38.8 Å². The van der Waals surface area contributed by atoms with Gasteiger partial charge < -0.3 is 5.32 Å². The molecule has 1 aliphatic rings. The second kappa shape index (κ2) is 7.03. The molecule has 0 aromatic carbocycles. The Morgan fingerprint density at radius 3 is 2.59 bits per heavy atom. The van der Waals surface area contributed by atoms with Crippen LogP contribution >= 0.6 is 0 Å². The lowest BCUT2D eigenvalue weighted by molar-refractivity contribution is 0.146. The molecule has 0 bridgehead atoms. The van der Waals surface area contributed by atoms with Crippen LogP contribution in [0, 0.1) is 12.3 Å². The van der Waals surface area contributed by atoms with E-state index in [0.717, 1.165) is 25.9 Å². The first-order valence-corrected chi connectivity index (χ1v) is 7.13. The molecule has 2 nitrogen and oxygen atoms in total. The molecular weight excluding hydrogens is 208 g/mol. The smallest absolute Gasteiger partial charge is 0.0303 e. The molecule has 1 rings (SSSR count). The van der Waals surface area contributed by atoms with Crippen LogP contribution in [0.15, 0.2) is 0 Å². The minimum absolute atomic E-state index is 0.304. The normalized spacial score (nSPS) is 22.7. The fourth-order valence-corrected chi connectivity index (χ4v) is 2.86. The predicted octanol–water partition coefficient (Wildman–Crippen LogP) is 2.64. The van der Waals surface area contributed by atoms with E-state index in [-0.39, 0.29) is 0 Å². The molecule has 1 N–H and O–H groups in total. The van der Waals surface area contributed by atoms with E-state index in [1.807, 2.05) is 0 Å². The quantitative estimate of drug-likeness (QED) is 0.738. The molecule has 1 heterocycles. The Morgan fingerprint density at radius 2 is 2.06 bits per heavy atom. The van der Waals surface area contributed by atoms with Crippen LogP contribution in [0.25, 0.3) is 0 Å². The highest BCUT2D eigenvalue weighted by Crippen LogP contribution is 2.22. The molecule has 2 heteroatoms. The summed E-state index contributed by atoms with van der Waals surface area (Å²) < 4.78 is 0. The number of hydrogen-bond acceptors (Lipinski definition) is 2. The fraction of sp³-hybridized carbons (Fsp3) is 0.867. The third-order valence-corrected chi connectivity index (χ3v) is 4.32. The number of terminal acetylenes is 1. The van der Waals surface area contributed by atoms with Crippen LogP contribution in [0.2, 0.25) is 0 Å². The number of nitrogens with one attached hydrogen (secondary N) is 1. The summed E-state index contributed by atoms with van der Waals surface area (Å²) in [6.45, 7) is 10.3. The van der Waals surface area contributed by atoms with Gasteiger partial charge in [0.2, 0.25) is 0 Å². The highest BCUT2D eigenvalue weighted by atomic mass is 15.2. The first-order chi connectivity index (χ1) is 8.21. The van der Waals surface area contributed by atoms with E-state index in [0.29, 0.717) is 11.6 Å². The van der Waals surface area contributed by atoms with E-state index in [1.165, 1.54) is 25.8 Å². The first-order valence-electron chi connectivity index (χ1n) is 7.13. The Balaban J connectivity index is 2.74. The SMILES string of the molecule is C#CCC(CC)N1CCCNC(CC)(CC)C1. The average Bonchev–Trinajstić information content (AvgIpc) is 2.59. The van der Waals surface area contributed by atoms with E-state index in [4.69, 9.17) is 6.42 Å². The monoisotopic (exact) mass is 236 g/mol. The molecule has 0 aromatic rings. The maximum Gasteiger partial charge on any atom is 0.0303 e. The summed E-state index contributed by atoms with van der Waals surface area (Å²) in [4.78, 5) is 2.62. The van der Waals surface area contributed by atoms with Crippen molar-refractivity contribution < 1.29 is 0 Å². The summed E-state index contributed by atoms with van der Waals surface area (Å²) in [6.07, 6.45) is 11.2. The largest absolute Gasteiger partial charge is 0.310 e. The minimum atomic E-state index is 0.304. The number of hydrogen-bond donors (Lipinski definition) is 1. The average molecular weight is 236 g/mol. The van der Waals surface area contributed by atoms with Gasteiger partial charge in [-0.25, -0.2) is 0 Å². The molecule has 1 saturated heterocycles. The molecule has 1 atom stereocenters. The van der Waals surface area contributed by atoms with Gasteiger partial charge in [-0.1, -0.05) is 20.8 Å². The van der Waals surface area contributed by atoms with Gasteiger partial charge in [-0.15, -0.1) is 12.3 Å². The maximum absolute atomic E-state index is 5.49.